The van der Waals surface area contributed by atoms with E-state index >= 15 is 0 Å². The second-order valence-electron chi connectivity index (χ2n) is 2.91. The van der Waals surface area contributed by atoms with E-state index in [1.807, 2.05) is 0 Å². The molecule has 0 fully saturated rings. The van der Waals surface area contributed by atoms with Gasteiger partial charge in [-0.05, 0) is 26.2 Å². The monoisotopic (exact) mass is 173 g/mol. The Bertz CT molecular complexity index is 83.9. The van der Waals surface area contributed by atoms with E-state index in [0.717, 1.165) is 39.1 Å². The summed E-state index contributed by atoms with van der Waals surface area (Å²) < 4.78 is 10.7. The molecule has 2 nitrogen and oxygen atoms in total. The second-order valence-corrected chi connectivity index (χ2v) is 2.91. The SMILES string of the molecule is [CH2]CCOCCCOC(C)CC. The first-order valence-electron chi connectivity index (χ1n) is 4.79. The highest BCUT2D eigenvalue weighted by molar-refractivity contribution is 4.44. The van der Waals surface area contributed by atoms with Crippen molar-refractivity contribution in [3.63, 3.8) is 0 Å². The van der Waals surface area contributed by atoms with E-state index < -0.39 is 0 Å². The number of rotatable bonds is 8. The van der Waals surface area contributed by atoms with Crippen LogP contribution in [-0.4, -0.2) is 25.9 Å². The molecular weight excluding hydrogens is 152 g/mol. The summed E-state index contributed by atoms with van der Waals surface area (Å²) in [5, 5.41) is 0. The molecule has 0 heterocycles. The summed E-state index contributed by atoms with van der Waals surface area (Å²) in [6.45, 7) is 10.3. The second kappa shape index (κ2) is 9.01. The van der Waals surface area contributed by atoms with Crippen LogP contribution in [0.3, 0.4) is 0 Å². The van der Waals surface area contributed by atoms with E-state index in [-0.39, 0.29) is 0 Å². The summed E-state index contributed by atoms with van der Waals surface area (Å²) in [7, 11) is 0. The molecule has 0 aliphatic heterocycles. The molecule has 1 unspecified atom stereocenters. The van der Waals surface area contributed by atoms with Gasteiger partial charge >= 0.3 is 0 Å². The third-order valence-corrected chi connectivity index (χ3v) is 1.70. The molecule has 0 aliphatic rings. The predicted octanol–water partition coefficient (Wildman–Crippen LogP) is 2.43. The van der Waals surface area contributed by atoms with E-state index in [9.17, 15) is 0 Å². The van der Waals surface area contributed by atoms with Gasteiger partial charge in [0, 0.05) is 19.8 Å². The highest BCUT2D eigenvalue weighted by atomic mass is 16.5. The maximum absolute atomic E-state index is 5.48. The van der Waals surface area contributed by atoms with Crippen LogP contribution < -0.4 is 0 Å². The lowest BCUT2D eigenvalue weighted by Gasteiger charge is -2.09. The highest BCUT2D eigenvalue weighted by Crippen LogP contribution is 1.96. The van der Waals surface area contributed by atoms with Crippen molar-refractivity contribution in [2.24, 2.45) is 0 Å². The fourth-order valence-corrected chi connectivity index (χ4v) is 0.767. The molecule has 1 radical (unpaired) electrons. The minimum atomic E-state index is 0.387. The standard InChI is InChI=1S/C10H21O2/c1-4-7-11-8-6-9-12-10(3)5-2/h10H,1,4-9H2,2-3H3. The third-order valence-electron chi connectivity index (χ3n) is 1.70. The van der Waals surface area contributed by atoms with Crippen LogP contribution in [0.2, 0.25) is 0 Å². The Morgan fingerprint density at radius 3 is 2.58 bits per heavy atom. The van der Waals surface area contributed by atoms with Gasteiger partial charge in [-0.15, -0.1) is 0 Å². The van der Waals surface area contributed by atoms with Crippen LogP contribution in [0.25, 0.3) is 0 Å². The average Bonchev–Trinajstić information content (AvgIpc) is 2.10. The summed E-state index contributed by atoms with van der Waals surface area (Å²) >= 11 is 0. The van der Waals surface area contributed by atoms with E-state index in [1.54, 1.807) is 0 Å². The lowest BCUT2D eigenvalue weighted by atomic mass is 10.3. The zero-order valence-corrected chi connectivity index (χ0v) is 8.34. The zero-order valence-electron chi connectivity index (χ0n) is 8.34. The molecule has 0 rings (SSSR count). The van der Waals surface area contributed by atoms with Gasteiger partial charge in [-0.25, -0.2) is 0 Å². The van der Waals surface area contributed by atoms with Crippen molar-refractivity contribution in [1.29, 1.82) is 0 Å². The Kier molecular flexibility index (Phi) is 8.95. The van der Waals surface area contributed by atoms with Crippen LogP contribution in [0.5, 0.6) is 0 Å². The fourth-order valence-electron chi connectivity index (χ4n) is 0.767. The van der Waals surface area contributed by atoms with Gasteiger partial charge in [0.2, 0.25) is 0 Å². The number of ether oxygens (including phenoxy) is 2. The van der Waals surface area contributed by atoms with Crippen LogP contribution in [0.15, 0.2) is 0 Å². The minimum absolute atomic E-state index is 0.387. The Balaban J connectivity index is 2.90. The molecule has 0 spiro atoms. The number of hydrogen-bond donors (Lipinski definition) is 0. The molecule has 1 atom stereocenters. The summed E-state index contributed by atoms with van der Waals surface area (Å²) in [5.74, 6) is 0. The van der Waals surface area contributed by atoms with E-state index in [2.05, 4.69) is 20.8 Å². The van der Waals surface area contributed by atoms with Crippen molar-refractivity contribution >= 4 is 0 Å². The molecule has 12 heavy (non-hydrogen) atoms. The fraction of sp³-hybridized carbons (Fsp3) is 0.900. The van der Waals surface area contributed by atoms with Gasteiger partial charge in [-0.2, -0.15) is 0 Å². The lowest BCUT2D eigenvalue weighted by molar-refractivity contribution is 0.0415. The molecule has 0 aliphatic carbocycles. The summed E-state index contributed by atoms with van der Waals surface area (Å²) in [5.41, 5.74) is 0. The van der Waals surface area contributed by atoms with Gasteiger partial charge in [0.15, 0.2) is 0 Å². The summed E-state index contributed by atoms with van der Waals surface area (Å²) in [6.07, 6.45) is 3.31. The van der Waals surface area contributed by atoms with Crippen LogP contribution in [0.1, 0.15) is 33.1 Å². The molecule has 0 aromatic carbocycles. The Hall–Kier alpha value is -0.0800. The van der Waals surface area contributed by atoms with Crippen LogP contribution in [0, 0.1) is 6.92 Å². The van der Waals surface area contributed by atoms with Gasteiger partial charge in [0.05, 0.1) is 6.10 Å². The van der Waals surface area contributed by atoms with Crippen LogP contribution in [0.4, 0.5) is 0 Å². The first-order valence-corrected chi connectivity index (χ1v) is 4.79. The summed E-state index contributed by atoms with van der Waals surface area (Å²) in [4.78, 5) is 0. The smallest absolute Gasteiger partial charge is 0.0544 e. The maximum atomic E-state index is 5.48. The first kappa shape index (κ1) is 11.9. The lowest BCUT2D eigenvalue weighted by Crippen LogP contribution is -2.09. The molecule has 0 N–H and O–H groups in total. The molecule has 0 aromatic rings. The Morgan fingerprint density at radius 2 is 2.00 bits per heavy atom. The van der Waals surface area contributed by atoms with Crippen molar-refractivity contribution in [2.45, 2.75) is 39.2 Å². The molecular formula is C10H21O2. The zero-order chi connectivity index (χ0) is 9.23. The maximum Gasteiger partial charge on any atom is 0.0544 e. The minimum Gasteiger partial charge on any atom is -0.381 e. The average molecular weight is 173 g/mol. The summed E-state index contributed by atoms with van der Waals surface area (Å²) in [6, 6.07) is 0. The van der Waals surface area contributed by atoms with Gasteiger partial charge in [-0.1, -0.05) is 13.8 Å². The molecule has 0 saturated heterocycles. The molecule has 0 saturated carbocycles. The highest BCUT2D eigenvalue weighted by Gasteiger charge is 1.96. The van der Waals surface area contributed by atoms with Crippen molar-refractivity contribution in [3.8, 4) is 0 Å². The molecule has 73 valence electrons. The van der Waals surface area contributed by atoms with Crippen molar-refractivity contribution in [2.75, 3.05) is 19.8 Å². The molecule has 0 bridgehead atoms. The Morgan fingerprint density at radius 1 is 1.25 bits per heavy atom. The van der Waals surface area contributed by atoms with Gasteiger partial charge in [0.1, 0.15) is 0 Å². The van der Waals surface area contributed by atoms with E-state index in [1.165, 1.54) is 0 Å². The van der Waals surface area contributed by atoms with Crippen molar-refractivity contribution in [1.82, 2.24) is 0 Å². The predicted molar refractivity (Wildman–Crippen MR) is 51.1 cm³/mol. The van der Waals surface area contributed by atoms with Crippen LogP contribution >= 0.6 is 0 Å². The third kappa shape index (κ3) is 8.02. The molecule has 2 heteroatoms. The van der Waals surface area contributed by atoms with E-state index in [4.69, 9.17) is 9.47 Å². The van der Waals surface area contributed by atoms with Crippen molar-refractivity contribution in [3.05, 3.63) is 6.92 Å². The van der Waals surface area contributed by atoms with Gasteiger partial charge in [0.25, 0.3) is 0 Å². The first-order chi connectivity index (χ1) is 5.81. The molecule has 0 aromatic heterocycles. The van der Waals surface area contributed by atoms with Crippen LogP contribution in [-0.2, 0) is 9.47 Å². The quantitative estimate of drug-likeness (QED) is 0.525. The van der Waals surface area contributed by atoms with E-state index in [0.29, 0.717) is 6.10 Å². The number of hydrogen-bond acceptors (Lipinski definition) is 2. The van der Waals surface area contributed by atoms with Gasteiger partial charge < -0.3 is 9.47 Å². The largest absolute Gasteiger partial charge is 0.381 e. The van der Waals surface area contributed by atoms with Gasteiger partial charge in [-0.3, -0.25) is 0 Å². The normalized spacial score (nSPS) is 13.2. The van der Waals surface area contributed by atoms with Crippen molar-refractivity contribution < 1.29 is 9.47 Å². The molecule has 0 amide bonds. The Labute approximate surface area is 76.3 Å². The topological polar surface area (TPSA) is 18.5 Å².